The lowest BCUT2D eigenvalue weighted by atomic mass is 9.89. The maximum absolute atomic E-state index is 12.0. The van der Waals surface area contributed by atoms with Crippen molar-refractivity contribution < 1.29 is 24.2 Å². The molecular weight excluding hydrogens is 292 g/mol. The van der Waals surface area contributed by atoms with Gasteiger partial charge < -0.3 is 4.74 Å². The van der Waals surface area contributed by atoms with Gasteiger partial charge in [0.1, 0.15) is 0 Å². The summed E-state index contributed by atoms with van der Waals surface area (Å²) in [7, 11) is 0. The average molecular weight is 310 g/mol. The lowest BCUT2D eigenvalue weighted by molar-refractivity contribution is -0.432. The van der Waals surface area contributed by atoms with E-state index in [-0.39, 0.29) is 5.97 Å². The highest BCUT2D eigenvalue weighted by molar-refractivity contribution is 7.94. The van der Waals surface area contributed by atoms with Crippen LogP contribution in [-0.2, 0) is 14.1 Å². The number of benzene rings is 1. The van der Waals surface area contributed by atoms with Crippen LogP contribution in [0.2, 0.25) is 0 Å². The molecule has 2 aliphatic carbocycles. The van der Waals surface area contributed by atoms with E-state index in [1.54, 1.807) is 24.3 Å². The smallest absolute Gasteiger partial charge is 0.338 e. The van der Waals surface area contributed by atoms with E-state index in [0.29, 0.717) is 23.0 Å². The van der Waals surface area contributed by atoms with E-state index in [1.807, 2.05) is 0 Å². The zero-order valence-corrected chi connectivity index (χ0v) is 12.4. The normalized spacial score (nSPS) is 27.0. The minimum Gasteiger partial charge on any atom is -0.462 e. The van der Waals surface area contributed by atoms with Crippen molar-refractivity contribution in [3.8, 4) is 0 Å². The summed E-state index contributed by atoms with van der Waals surface area (Å²) in [6, 6.07) is 6.76. The molecule has 114 valence electrons. The van der Waals surface area contributed by atoms with Gasteiger partial charge in [0.2, 0.25) is 0 Å². The van der Waals surface area contributed by atoms with Crippen molar-refractivity contribution in [1.29, 1.82) is 0 Å². The summed E-state index contributed by atoms with van der Waals surface area (Å²) in [5.74, 6) is 1.90. The molecule has 2 bridgehead atoms. The first-order valence-electron chi connectivity index (χ1n) is 7.18. The monoisotopic (exact) mass is 310 g/mol. The Bertz CT molecular complexity index is 489. The first-order valence-corrected chi connectivity index (χ1v) is 7.92. The summed E-state index contributed by atoms with van der Waals surface area (Å²) in [6.45, 7) is 0.540. The van der Waals surface area contributed by atoms with E-state index in [1.165, 1.54) is 25.7 Å². The van der Waals surface area contributed by atoms with Crippen molar-refractivity contribution in [2.75, 3.05) is 6.61 Å². The summed E-state index contributed by atoms with van der Waals surface area (Å²) in [5, 5.41) is 11.6. The van der Waals surface area contributed by atoms with Gasteiger partial charge >= 0.3 is 5.97 Å². The first kappa shape index (κ1) is 14.8. The fourth-order valence-corrected chi connectivity index (χ4v) is 3.90. The second-order valence-electron chi connectivity index (χ2n) is 5.78. The minimum atomic E-state index is -0.284. The number of fused-ring (bicyclic) bond motifs is 2. The molecule has 2 fully saturated rings. The molecule has 0 aliphatic heterocycles. The van der Waals surface area contributed by atoms with Crippen molar-refractivity contribution in [3.05, 3.63) is 29.8 Å². The molecule has 2 saturated carbocycles. The second-order valence-corrected chi connectivity index (χ2v) is 6.56. The molecule has 1 N–H and O–H groups in total. The van der Waals surface area contributed by atoms with Gasteiger partial charge in [-0.1, -0.05) is 11.5 Å². The van der Waals surface area contributed by atoms with Crippen molar-refractivity contribution in [3.63, 3.8) is 0 Å². The third-order valence-corrected chi connectivity index (χ3v) is 5.16. The SMILES string of the molecule is O=C(OCC1CC2CCC1C2)c1ccc(SOOO)cc1. The highest BCUT2D eigenvalue weighted by Gasteiger charge is 2.39. The standard InChI is InChI=1S/C15H18O5S/c16-15(11-3-5-14(6-4-11)21-20-19-17)18-9-13-8-10-1-2-12(13)7-10/h3-6,10,12-13,17H,1-2,7-9H2. The fraction of sp³-hybridized carbons (Fsp3) is 0.533. The molecule has 6 heteroatoms. The van der Waals surface area contributed by atoms with Crippen LogP contribution >= 0.6 is 12.0 Å². The highest BCUT2D eigenvalue weighted by atomic mass is 32.2. The van der Waals surface area contributed by atoms with E-state index in [0.717, 1.165) is 23.9 Å². The number of hydrogen-bond acceptors (Lipinski definition) is 6. The van der Waals surface area contributed by atoms with Crippen LogP contribution in [0.1, 0.15) is 36.0 Å². The van der Waals surface area contributed by atoms with E-state index in [9.17, 15) is 4.79 Å². The molecule has 0 radical (unpaired) electrons. The summed E-state index contributed by atoms with van der Waals surface area (Å²) < 4.78 is 9.76. The Balaban J connectivity index is 1.48. The Morgan fingerprint density at radius 2 is 2.05 bits per heavy atom. The van der Waals surface area contributed by atoms with E-state index in [4.69, 9.17) is 9.99 Å². The Morgan fingerprint density at radius 1 is 1.24 bits per heavy atom. The van der Waals surface area contributed by atoms with E-state index < -0.39 is 0 Å². The first-order chi connectivity index (χ1) is 10.3. The molecule has 1 aromatic carbocycles. The molecule has 0 aromatic heterocycles. The van der Waals surface area contributed by atoms with Gasteiger partial charge in [0.05, 0.1) is 24.2 Å². The van der Waals surface area contributed by atoms with Gasteiger partial charge in [-0.3, -0.25) is 0 Å². The number of carbonyl (C=O) groups excluding carboxylic acids is 1. The van der Waals surface area contributed by atoms with Crippen LogP contribution in [0.4, 0.5) is 0 Å². The zero-order chi connectivity index (χ0) is 14.7. The molecule has 21 heavy (non-hydrogen) atoms. The minimum absolute atomic E-state index is 0.284. The number of hydrogen-bond donors (Lipinski definition) is 1. The van der Waals surface area contributed by atoms with Gasteiger partial charge in [-0.15, -0.1) is 4.33 Å². The quantitative estimate of drug-likeness (QED) is 0.374. The molecule has 0 spiro atoms. The predicted molar refractivity (Wildman–Crippen MR) is 76.3 cm³/mol. The molecule has 5 nitrogen and oxygen atoms in total. The van der Waals surface area contributed by atoms with Gasteiger partial charge in [0.15, 0.2) is 0 Å². The Hall–Kier alpha value is -1.08. The largest absolute Gasteiger partial charge is 0.462 e. The van der Waals surface area contributed by atoms with Crippen LogP contribution in [0.5, 0.6) is 0 Å². The van der Waals surface area contributed by atoms with Gasteiger partial charge in [-0.05, 0) is 61.3 Å². The van der Waals surface area contributed by atoms with Crippen LogP contribution < -0.4 is 0 Å². The molecule has 3 atom stereocenters. The molecular formula is C15H18O5S. The highest BCUT2D eigenvalue weighted by Crippen LogP contribution is 2.48. The molecule has 3 unspecified atom stereocenters. The topological polar surface area (TPSA) is 65.0 Å². The third-order valence-electron chi connectivity index (χ3n) is 4.56. The lowest BCUT2D eigenvalue weighted by Crippen LogP contribution is -2.19. The van der Waals surface area contributed by atoms with Crippen LogP contribution in [0.3, 0.4) is 0 Å². The van der Waals surface area contributed by atoms with Gasteiger partial charge in [0, 0.05) is 4.90 Å². The second kappa shape index (κ2) is 6.79. The lowest BCUT2D eigenvalue weighted by Gasteiger charge is -2.21. The van der Waals surface area contributed by atoms with Crippen LogP contribution in [-0.4, -0.2) is 17.8 Å². The van der Waals surface area contributed by atoms with E-state index in [2.05, 4.69) is 9.37 Å². The maximum atomic E-state index is 12.0. The summed E-state index contributed by atoms with van der Waals surface area (Å²) in [6.07, 6.45) is 5.19. The fourth-order valence-electron chi connectivity index (χ4n) is 3.55. The number of rotatable bonds is 6. The molecule has 3 rings (SSSR count). The summed E-state index contributed by atoms with van der Waals surface area (Å²) in [4.78, 5) is 12.7. The molecule has 0 saturated heterocycles. The molecule has 0 heterocycles. The van der Waals surface area contributed by atoms with Gasteiger partial charge in [0.25, 0.3) is 0 Å². The number of ether oxygens (including phenoxy) is 1. The van der Waals surface area contributed by atoms with Crippen molar-refractivity contribution in [1.82, 2.24) is 0 Å². The summed E-state index contributed by atoms with van der Waals surface area (Å²) in [5.41, 5.74) is 0.521. The Labute approximate surface area is 127 Å². The zero-order valence-electron chi connectivity index (χ0n) is 11.6. The molecule has 0 amide bonds. The average Bonchev–Trinajstić information content (AvgIpc) is 3.14. The molecule has 1 aromatic rings. The Morgan fingerprint density at radius 3 is 2.67 bits per heavy atom. The van der Waals surface area contributed by atoms with Crippen LogP contribution in [0.15, 0.2) is 29.2 Å². The van der Waals surface area contributed by atoms with Crippen LogP contribution in [0, 0.1) is 17.8 Å². The Kier molecular flexibility index (Phi) is 4.80. The predicted octanol–water partition coefficient (Wildman–Crippen LogP) is 3.71. The molecule has 2 aliphatic rings. The van der Waals surface area contributed by atoms with Crippen LogP contribution in [0.25, 0.3) is 0 Å². The number of carbonyl (C=O) groups is 1. The number of esters is 1. The van der Waals surface area contributed by atoms with Gasteiger partial charge in [-0.2, -0.15) is 0 Å². The van der Waals surface area contributed by atoms with Crippen molar-refractivity contribution in [2.24, 2.45) is 17.8 Å². The maximum Gasteiger partial charge on any atom is 0.338 e. The summed E-state index contributed by atoms with van der Waals surface area (Å²) >= 11 is 0.858. The third kappa shape index (κ3) is 3.58. The van der Waals surface area contributed by atoms with Crippen molar-refractivity contribution >= 4 is 18.0 Å². The van der Waals surface area contributed by atoms with Gasteiger partial charge in [-0.25, -0.2) is 10.1 Å². The van der Waals surface area contributed by atoms with E-state index >= 15 is 0 Å². The van der Waals surface area contributed by atoms with Crippen molar-refractivity contribution in [2.45, 2.75) is 30.6 Å².